The van der Waals surface area contributed by atoms with E-state index in [0.717, 1.165) is 44.9 Å². The normalized spacial score (nSPS) is 38.0. The van der Waals surface area contributed by atoms with Crippen molar-refractivity contribution in [2.75, 3.05) is 0 Å². The van der Waals surface area contributed by atoms with Gasteiger partial charge < -0.3 is 5.11 Å². The van der Waals surface area contributed by atoms with Crippen LogP contribution in [0.3, 0.4) is 0 Å². The number of hydrogen-bond donors (Lipinski definition) is 1. The molecule has 0 bridgehead atoms. The fourth-order valence-electron chi connectivity index (χ4n) is 3.67. The van der Waals surface area contributed by atoms with Gasteiger partial charge in [0, 0.05) is 0 Å². The zero-order chi connectivity index (χ0) is 11.8. The Balaban J connectivity index is 2.24. The minimum absolute atomic E-state index is 0.396. The Morgan fingerprint density at radius 1 is 1.38 bits per heavy atom. The Labute approximate surface area is 98.7 Å². The average Bonchev–Trinajstić information content (AvgIpc) is 3.08. The van der Waals surface area contributed by atoms with E-state index < -0.39 is 11.0 Å². The van der Waals surface area contributed by atoms with Crippen molar-refractivity contribution < 1.29 is 5.11 Å². The zero-order valence-electron chi connectivity index (χ0n) is 10.5. The van der Waals surface area contributed by atoms with Crippen LogP contribution in [0.5, 0.6) is 0 Å². The van der Waals surface area contributed by atoms with Crippen LogP contribution in [0.2, 0.25) is 0 Å². The molecule has 0 aliphatic heterocycles. The van der Waals surface area contributed by atoms with Gasteiger partial charge in [0.25, 0.3) is 0 Å². The van der Waals surface area contributed by atoms with Crippen LogP contribution < -0.4 is 0 Å². The second-order valence-electron chi connectivity index (χ2n) is 5.76. The highest BCUT2D eigenvalue weighted by Gasteiger charge is 2.59. The Bertz CT molecular complexity index is 304. The summed E-state index contributed by atoms with van der Waals surface area (Å²) in [5, 5.41) is 20.5. The molecule has 2 fully saturated rings. The maximum absolute atomic E-state index is 10.9. The summed E-state index contributed by atoms with van der Waals surface area (Å²) in [5.74, 6) is 1.05. The Morgan fingerprint density at radius 2 is 2.06 bits per heavy atom. The molecule has 2 saturated carbocycles. The molecule has 0 aromatic heterocycles. The fourth-order valence-corrected chi connectivity index (χ4v) is 3.67. The van der Waals surface area contributed by atoms with Crippen LogP contribution >= 0.6 is 0 Å². The summed E-state index contributed by atoms with van der Waals surface area (Å²) in [4.78, 5) is 0. The van der Waals surface area contributed by atoms with Crippen molar-refractivity contribution in [3.05, 3.63) is 0 Å². The van der Waals surface area contributed by atoms with Gasteiger partial charge in [0.1, 0.15) is 0 Å². The number of nitrogens with zero attached hydrogens (tertiary/aromatic N) is 1. The Hall–Kier alpha value is -0.550. The molecule has 0 spiro atoms. The van der Waals surface area contributed by atoms with Crippen molar-refractivity contribution in [3.8, 4) is 6.07 Å². The smallest absolute Gasteiger partial charge is 0.0865 e. The third-order valence-corrected chi connectivity index (χ3v) is 5.03. The highest BCUT2D eigenvalue weighted by Crippen LogP contribution is 2.58. The van der Waals surface area contributed by atoms with E-state index in [9.17, 15) is 10.4 Å². The first kappa shape index (κ1) is 11.9. The standard InChI is InChI=1S/C14H23NO/c1-3-11-7-8-13(9-11,10-15)14(16,4-2)12-5-6-12/h11-12,16H,3-9H2,1-2H3. The van der Waals surface area contributed by atoms with Crippen LogP contribution in [0.25, 0.3) is 0 Å². The highest BCUT2D eigenvalue weighted by atomic mass is 16.3. The van der Waals surface area contributed by atoms with E-state index in [1.54, 1.807) is 0 Å². The molecule has 0 aromatic carbocycles. The Morgan fingerprint density at radius 3 is 2.44 bits per heavy atom. The van der Waals surface area contributed by atoms with Crippen molar-refractivity contribution in [1.82, 2.24) is 0 Å². The lowest BCUT2D eigenvalue weighted by Gasteiger charge is -2.40. The van der Waals surface area contributed by atoms with E-state index in [1.807, 2.05) is 6.92 Å². The molecular weight excluding hydrogens is 198 g/mol. The Kier molecular flexibility index (Phi) is 3.01. The number of nitriles is 1. The SMILES string of the molecule is CCC1CCC(C#N)(C(O)(CC)C2CC2)C1. The average molecular weight is 221 g/mol. The third kappa shape index (κ3) is 1.57. The summed E-state index contributed by atoms with van der Waals surface area (Å²) in [6.07, 6.45) is 7.06. The van der Waals surface area contributed by atoms with Crippen LogP contribution in [0.4, 0.5) is 0 Å². The van der Waals surface area contributed by atoms with Gasteiger partial charge in [0.05, 0.1) is 17.1 Å². The van der Waals surface area contributed by atoms with Gasteiger partial charge >= 0.3 is 0 Å². The van der Waals surface area contributed by atoms with E-state index >= 15 is 0 Å². The molecule has 90 valence electrons. The summed E-state index contributed by atoms with van der Waals surface area (Å²) >= 11 is 0. The molecule has 2 heteroatoms. The molecular formula is C14H23NO. The van der Waals surface area contributed by atoms with Crippen molar-refractivity contribution in [3.63, 3.8) is 0 Å². The van der Waals surface area contributed by atoms with Crippen LogP contribution in [-0.2, 0) is 0 Å². The third-order valence-electron chi connectivity index (χ3n) is 5.03. The number of hydrogen-bond acceptors (Lipinski definition) is 2. The molecule has 3 unspecified atom stereocenters. The van der Waals surface area contributed by atoms with Gasteiger partial charge in [0.2, 0.25) is 0 Å². The molecule has 2 nitrogen and oxygen atoms in total. The largest absolute Gasteiger partial charge is 0.388 e. The van der Waals surface area contributed by atoms with Gasteiger partial charge in [-0.05, 0) is 50.4 Å². The minimum Gasteiger partial charge on any atom is -0.388 e. The predicted molar refractivity (Wildman–Crippen MR) is 63.6 cm³/mol. The maximum Gasteiger partial charge on any atom is 0.0865 e. The fraction of sp³-hybridized carbons (Fsp3) is 0.929. The van der Waals surface area contributed by atoms with Crippen LogP contribution in [0, 0.1) is 28.6 Å². The first-order chi connectivity index (χ1) is 7.62. The summed E-state index contributed by atoms with van der Waals surface area (Å²) in [6, 6.07) is 2.50. The molecule has 16 heavy (non-hydrogen) atoms. The molecule has 2 rings (SSSR count). The molecule has 0 amide bonds. The van der Waals surface area contributed by atoms with E-state index in [2.05, 4.69) is 13.0 Å². The van der Waals surface area contributed by atoms with Gasteiger partial charge in [-0.15, -0.1) is 0 Å². The lowest BCUT2D eigenvalue weighted by molar-refractivity contribution is -0.0767. The highest BCUT2D eigenvalue weighted by molar-refractivity contribution is 5.18. The molecule has 1 N–H and O–H groups in total. The van der Waals surface area contributed by atoms with Gasteiger partial charge in [0.15, 0.2) is 0 Å². The van der Waals surface area contributed by atoms with Crippen LogP contribution in [0.15, 0.2) is 0 Å². The first-order valence-electron chi connectivity index (χ1n) is 6.75. The van der Waals surface area contributed by atoms with Crippen LogP contribution in [0.1, 0.15) is 58.8 Å². The molecule has 2 aliphatic rings. The quantitative estimate of drug-likeness (QED) is 0.792. The van der Waals surface area contributed by atoms with E-state index in [1.165, 1.54) is 0 Å². The number of rotatable bonds is 4. The number of aliphatic hydroxyl groups is 1. The van der Waals surface area contributed by atoms with Gasteiger partial charge in [-0.1, -0.05) is 20.3 Å². The van der Waals surface area contributed by atoms with Crippen molar-refractivity contribution >= 4 is 0 Å². The van der Waals surface area contributed by atoms with Gasteiger partial charge in [-0.3, -0.25) is 0 Å². The first-order valence-corrected chi connectivity index (χ1v) is 6.75. The van der Waals surface area contributed by atoms with E-state index in [-0.39, 0.29) is 0 Å². The summed E-state index contributed by atoms with van der Waals surface area (Å²) in [7, 11) is 0. The second-order valence-corrected chi connectivity index (χ2v) is 5.76. The molecule has 0 heterocycles. The second kappa shape index (κ2) is 4.04. The van der Waals surface area contributed by atoms with Crippen LogP contribution in [-0.4, -0.2) is 10.7 Å². The minimum atomic E-state index is -0.703. The summed E-state index contributed by atoms with van der Waals surface area (Å²) in [6.45, 7) is 4.23. The monoisotopic (exact) mass is 221 g/mol. The lowest BCUT2D eigenvalue weighted by Crippen LogP contribution is -2.47. The van der Waals surface area contributed by atoms with Gasteiger partial charge in [-0.25, -0.2) is 0 Å². The van der Waals surface area contributed by atoms with E-state index in [0.29, 0.717) is 11.8 Å². The van der Waals surface area contributed by atoms with Gasteiger partial charge in [-0.2, -0.15) is 5.26 Å². The summed E-state index contributed by atoms with van der Waals surface area (Å²) < 4.78 is 0. The van der Waals surface area contributed by atoms with E-state index in [4.69, 9.17) is 0 Å². The topological polar surface area (TPSA) is 44.0 Å². The zero-order valence-corrected chi connectivity index (χ0v) is 10.5. The lowest BCUT2D eigenvalue weighted by atomic mass is 9.67. The maximum atomic E-state index is 10.9. The molecule has 0 aromatic rings. The summed E-state index contributed by atoms with van der Waals surface area (Å²) in [5.41, 5.74) is -1.14. The molecule has 3 atom stereocenters. The van der Waals surface area contributed by atoms with Crippen molar-refractivity contribution in [2.45, 2.75) is 64.4 Å². The molecule has 2 aliphatic carbocycles. The predicted octanol–water partition coefficient (Wildman–Crippen LogP) is 3.26. The van der Waals surface area contributed by atoms with Crippen molar-refractivity contribution in [1.29, 1.82) is 5.26 Å². The molecule has 0 radical (unpaired) electrons. The molecule has 0 saturated heterocycles. The van der Waals surface area contributed by atoms with Crippen molar-refractivity contribution in [2.24, 2.45) is 17.3 Å².